The third-order valence-electron chi connectivity index (χ3n) is 2.68. The van der Waals surface area contributed by atoms with Gasteiger partial charge in [0, 0.05) is 5.69 Å². The molecule has 17 heavy (non-hydrogen) atoms. The minimum atomic E-state index is -0.345. The van der Waals surface area contributed by atoms with Crippen LogP contribution in [0.15, 0.2) is 24.3 Å². The highest BCUT2D eigenvalue weighted by molar-refractivity contribution is 5.90. The first-order chi connectivity index (χ1) is 8.19. The maximum atomic E-state index is 11.5. The Bertz CT molecular complexity index is 423. The van der Waals surface area contributed by atoms with Gasteiger partial charge in [-0.2, -0.15) is 5.26 Å². The van der Waals surface area contributed by atoms with Gasteiger partial charge >= 0.3 is 6.03 Å². The number of rotatable bonds is 4. The monoisotopic (exact) mass is 231 g/mol. The first-order valence-corrected chi connectivity index (χ1v) is 5.69. The van der Waals surface area contributed by atoms with Crippen molar-refractivity contribution in [1.29, 1.82) is 5.26 Å². The number of carbonyl (C=O) groups excluding carboxylic acids is 1. The van der Waals surface area contributed by atoms with Crippen LogP contribution in [0.5, 0.6) is 0 Å². The second-order valence-corrected chi connectivity index (χ2v) is 3.86. The maximum absolute atomic E-state index is 11.5. The van der Waals surface area contributed by atoms with Crippen LogP contribution in [0, 0.1) is 11.3 Å². The molecule has 90 valence electrons. The van der Waals surface area contributed by atoms with Crippen LogP contribution in [-0.4, -0.2) is 12.6 Å². The Morgan fingerprint density at radius 1 is 1.47 bits per heavy atom. The second kappa shape index (κ2) is 6.54. The van der Waals surface area contributed by atoms with Gasteiger partial charge in [-0.15, -0.1) is 0 Å². The smallest absolute Gasteiger partial charge is 0.320 e. The van der Waals surface area contributed by atoms with E-state index < -0.39 is 0 Å². The Kier molecular flexibility index (Phi) is 5.02. The van der Waals surface area contributed by atoms with Crippen LogP contribution >= 0.6 is 0 Å². The fraction of sp³-hybridized carbons (Fsp3) is 0.385. The highest BCUT2D eigenvalue weighted by Gasteiger charge is 2.10. The third-order valence-corrected chi connectivity index (χ3v) is 2.68. The SMILES string of the molecule is CCC(C)c1ccccc1NC(=O)NCC#N. The molecular formula is C13H17N3O. The number of para-hydroxylation sites is 1. The summed E-state index contributed by atoms with van der Waals surface area (Å²) in [6.45, 7) is 4.24. The molecule has 2 amide bonds. The Labute approximate surface area is 102 Å². The number of carbonyl (C=O) groups is 1. The van der Waals surface area contributed by atoms with E-state index in [-0.39, 0.29) is 12.6 Å². The van der Waals surface area contributed by atoms with E-state index in [0.717, 1.165) is 17.7 Å². The second-order valence-electron chi connectivity index (χ2n) is 3.86. The first-order valence-electron chi connectivity index (χ1n) is 5.69. The number of nitriles is 1. The van der Waals surface area contributed by atoms with Crippen LogP contribution in [0.25, 0.3) is 0 Å². The van der Waals surface area contributed by atoms with Gasteiger partial charge < -0.3 is 10.6 Å². The van der Waals surface area contributed by atoms with Gasteiger partial charge in [0.05, 0.1) is 6.07 Å². The molecule has 4 nitrogen and oxygen atoms in total. The van der Waals surface area contributed by atoms with Crippen LogP contribution in [-0.2, 0) is 0 Å². The van der Waals surface area contributed by atoms with E-state index in [0.29, 0.717) is 5.92 Å². The number of hydrogen-bond donors (Lipinski definition) is 2. The zero-order valence-corrected chi connectivity index (χ0v) is 10.2. The summed E-state index contributed by atoms with van der Waals surface area (Å²) in [5, 5.41) is 13.6. The standard InChI is InChI=1S/C13H17N3O/c1-3-10(2)11-6-4-5-7-12(11)16-13(17)15-9-8-14/h4-7,10H,3,9H2,1-2H3,(H2,15,16,17). The topological polar surface area (TPSA) is 64.9 Å². The highest BCUT2D eigenvalue weighted by Crippen LogP contribution is 2.26. The van der Waals surface area contributed by atoms with Gasteiger partial charge in [-0.1, -0.05) is 32.0 Å². The van der Waals surface area contributed by atoms with Gasteiger partial charge in [0.2, 0.25) is 0 Å². The maximum Gasteiger partial charge on any atom is 0.320 e. The average Bonchev–Trinajstić information content (AvgIpc) is 2.36. The molecule has 0 aliphatic carbocycles. The van der Waals surface area contributed by atoms with Crippen LogP contribution in [0.1, 0.15) is 31.7 Å². The summed E-state index contributed by atoms with van der Waals surface area (Å²) >= 11 is 0. The normalized spacial score (nSPS) is 11.4. The van der Waals surface area contributed by atoms with Crippen LogP contribution in [0.3, 0.4) is 0 Å². The molecule has 0 spiro atoms. The van der Waals surface area contributed by atoms with E-state index in [1.165, 1.54) is 0 Å². The van der Waals surface area contributed by atoms with Gasteiger partial charge in [0.1, 0.15) is 6.54 Å². The summed E-state index contributed by atoms with van der Waals surface area (Å²) in [4.78, 5) is 11.5. The molecule has 0 saturated heterocycles. The molecule has 4 heteroatoms. The van der Waals surface area contributed by atoms with Gasteiger partial charge in [0.15, 0.2) is 0 Å². The van der Waals surface area contributed by atoms with E-state index in [1.807, 2.05) is 30.3 Å². The van der Waals surface area contributed by atoms with Gasteiger partial charge in [-0.05, 0) is 24.0 Å². The van der Waals surface area contributed by atoms with Crippen molar-refractivity contribution in [2.24, 2.45) is 0 Å². The molecule has 0 bridgehead atoms. The molecule has 0 aliphatic heterocycles. The molecule has 0 saturated carbocycles. The summed E-state index contributed by atoms with van der Waals surface area (Å²) in [5.74, 6) is 0.391. The lowest BCUT2D eigenvalue weighted by Crippen LogP contribution is -2.29. The van der Waals surface area contributed by atoms with Crippen molar-refractivity contribution < 1.29 is 4.79 Å². The third kappa shape index (κ3) is 3.80. The van der Waals surface area contributed by atoms with Gasteiger partial charge in [0.25, 0.3) is 0 Å². The van der Waals surface area contributed by atoms with Crippen molar-refractivity contribution in [3.63, 3.8) is 0 Å². The lowest BCUT2D eigenvalue weighted by Gasteiger charge is -2.15. The molecule has 1 rings (SSSR count). The summed E-state index contributed by atoms with van der Waals surface area (Å²) < 4.78 is 0. The number of benzene rings is 1. The average molecular weight is 231 g/mol. The fourth-order valence-corrected chi connectivity index (χ4v) is 1.55. The first kappa shape index (κ1) is 13.0. The Balaban J connectivity index is 2.77. The number of amides is 2. The number of anilines is 1. The largest absolute Gasteiger partial charge is 0.325 e. The molecule has 0 radical (unpaired) electrons. The highest BCUT2D eigenvalue weighted by atomic mass is 16.2. The lowest BCUT2D eigenvalue weighted by molar-refractivity contribution is 0.253. The zero-order chi connectivity index (χ0) is 12.7. The van der Waals surface area contributed by atoms with Crippen molar-refractivity contribution in [2.75, 3.05) is 11.9 Å². The lowest BCUT2D eigenvalue weighted by atomic mass is 9.97. The predicted octanol–water partition coefficient (Wildman–Crippen LogP) is 2.85. The van der Waals surface area contributed by atoms with Crippen molar-refractivity contribution in [3.05, 3.63) is 29.8 Å². The Morgan fingerprint density at radius 2 is 2.18 bits per heavy atom. The Morgan fingerprint density at radius 3 is 2.82 bits per heavy atom. The summed E-state index contributed by atoms with van der Waals surface area (Å²) in [6, 6.07) is 9.23. The van der Waals surface area contributed by atoms with Crippen molar-refractivity contribution in [2.45, 2.75) is 26.2 Å². The van der Waals surface area contributed by atoms with Crippen LogP contribution in [0.2, 0.25) is 0 Å². The van der Waals surface area contributed by atoms with E-state index in [1.54, 1.807) is 0 Å². The fourth-order valence-electron chi connectivity index (χ4n) is 1.55. The molecule has 0 heterocycles. The van der Waals surface area contributed by atoms with Crippen molar-refractivity contribution >= 4 is 11.7 Å². The number of nitrogens with one attached hydrogen (secondary N) is 2. The minimum absolute atomic E-state index is 0.0112. The van der Waals surface area contributed by atoms with Crippen LogP contribution < -0.4 is 10.6 Å². The molecule has 0 aliphatic rings. The van der Waals surface area contributed by atoms with Gasteiger partial charge in [-0.3, -0.25) is 0 Å². The zero-order valence-electron chi connectivity index (χ0n) is 10.2. The number of nitrogens with zero attached hydrogens (tertiary/aromatic N) is 1. The molecule has 0 aromatic heterocycles. The summed E-state index contributed by atoms with van der Waals surface area (Å²) in [7, 11) is 0. The van der Waals surface area contributed by atoms with E-state index in [9.17, 15) is 4.79 Å². The van der Waals surface area contributed by atoms with Gasteiger partial charge in [-0.25, -0.2) is 4.79 Å². The summed E-state index contributed by atoms with van der Waals surface area (Å²) in [6.07, 6.45) is 1.01. The molecule has 1 atom stereocenters. The van der Waals surface area contributed by atoms with Crippen LogP contribution in [0.4, 0.5) is 10.5 Å². The minimum Gasteiger partial charge on any atom is -0.325 e. The molecule has 1 aromatic carbocycles. The molecule has 1 aromatic rings. The van der Waals surface area contributed by atoms with E-state index in [4.69, 9.17) is 5.26 Å². The molecule has 2 N–H and O–H groups in total. The molecule has 1 unspecified atom stereocenters. The quantitative estimate of drug-likeness (QED) is 0.782. The molecular weight excluding hydrogens is 214 g/mol. The van der Waals surface area contributed by atoms with Crippen molar-refractivity contribution in [1.82, 2.24) is 5.32 Å². The van der Waals surface area contributed by atoms with E-state index >= 15 is 0 Å². The predicted molar refractivity (Wildman–Crippen MR) is 67.8 cm³/mol. The summed E-state index contributed by atoms with van der Waals surface area (Å²) in [5.41, 5.74) is 1.92. The Hall–Kier alpha value is -2.02. The number of hydrogen-bond acceptors (Lipinski definition) is 2. The van der Waals surface area contributed by atoms with E-state index in [2.05, 4.69) is 24.5 Å². The van der Waals surface area contributed by atoms with Crippen molar-refractivity contribution in [3.8, 4) is 6.07 Å². The molecule has 0 fully saturated rings. The number of urea groups is 1.